The van der Waals surface area contributed by atoms with Crippen molar-refractivity contribution >= 4 is 62.3 Å². The number of halogens is 3. The molecular formula is C28H30Cl3N3O4S. The second kappa shape index (κ2) is 13.5. The molecule has 0 aliphatic carbocycles. The lowest BCUT2D eigenvalue weighted by molar-refractivity contribution is -0.140. The number of hydrogen-bond donors (Lipinski definition) is 1. The zero-order chi connectivity index (χ0) is 28.7. The minimum atomic E-state index is -4.20. The van der Waals surface area contributed by atoms with Crippen molar-refractivity contribution in [1.82, 2.24) is 10.2 Å². The molecule has 1 atom stereocenters. The first kappa shape index (κ1) is 30.8. The first-order chi connectivity index (χ1) is 18.4. The highest BCUT2D eigenvalue weighted by atomic mass is 35.5. The predicted molar refractivity (Wildman–Crippen MR) is 157 cm³/mol. The summed E-state index contributed by atoms with van der Waals surface area (Å²) >= 11 is 18.3. The number of sulfonamides is 1. The molecule has 1 N–H and O–H groups in total. The van der Waals surface area contributed by atoms with E-state index in [9.17, 15) is 18.0 Å². The number of rotatable bonds is 11. The molecule has 7 nitrogen and oxygen atoms in total. The Labute approximate surface area is 244 Å². The first-order valence-electron chi connectivity index (χ1n) is 12.3. The Morgan fingerprint density at radius 1 is 0.897 bits per heavy atom. The smallest absolute Gasteiger partial charge is 0.264 e. The molecule has 0 radical (unpaired) electrons. The van der Waals surface area contributed by atoms with Crippen molar-refractivity contribution in [2.75, 3.05) is 10.8 Å². The average Bonchev–Trinajstić information content (AvgIpc) is 2.90. The number of hydrogen-bond acceptors (Lipinski definition) is 4. The predicted octanol–water partition coefficient (Wildman–Crippen LogP) is 6.17. The Kier molecular flexibility index (Phi) is 10.7. The molecule has 208 valence electrons. The molecule has 0 aliphatic heterocycles. The van der Waals surface area contributed by atoms with Crippen LogP contribution in [-0.4, -0.2) is 43.8 Å². The van der Waals surface area contributed by atoms with E-state index >= 15 is 0 Å². The molecule has 3 aromatic rings. The fourth-order valence-electron chi connectivity index (χ4n) is 3.98. The number of carbonyl (C=O) groups excluding carboxylic acids is 2. The first-order valence-corrected chi connectivity index (χ1v) is 14.9. The van der Waals surface area contributed by atoms with Gasteiger partial charge in [-0.25, -0.2) is 8.42 Å². The van der Waals surface area contributed by atoms with Crippen LogP contribution in [0.15, 0.2) is 77.7 Å². The molecule has 0 aromatic heterocycles. The van der Waals surface area contributed by atoms with Crippen LogP contribution in [0.2, 0.25) is 15.1 Å². The highest BCUT2D eigenvalue weighted by Crippen LogP contribution is 2.31. The Morgan fingerprint density at radius 3 is 2.10 bits per heavy atom. The SMILES string of the molecule is CCC(C(=O)NC(C)C)N(Cc1ccc(Cl)cc1)C(=O)CN(c1ccc(Cl)c(Cl)c1)S(=O)(=O)c1ccccc1. The van der Waals surface area contributed by atoms with Gasteiger partial charge in [0.05, 0.1) is 20.6 Å². The van der Waals surface area contributed by atoms with Crippen LogP contribution in [0.3, 0.4) is 0 Å². The Hall–Kier alpha value is -2.78. The minimum Gasteiger partial charge on any atom is -0.352 e. The summed E-state index contributed by atoms with van der Waals surface area (Å²) in [6.45, 7) is 4.95. The Morgan fingerprint density at radius 2 is 1.54 bits per heavy atom. The van der Waals surface area contributed by atoms with Gasteiger partial charge in [0.2, 0.25) is 11.8 Å². The normalized spacial score (nSPS) is 12.2. The third kappa shape index (κ3) is 7.88. The van der Waals surface area contributed by atoms with Crippen molar-refractivity contribution in [2.24, 2.45) is 0 Å². The van der Waals surface area contributed by atoms with Gasteiger partial charge in [-0.1, -0.05) is 72.1 Å². The highest BCUT2D eigenvalue weighted by Gasteiger charge is 2.34. The van der Waals surface area contributed by atoms with Crippen molar-refractivity contribution in [1.29, 1.82) is 0 Å². The number of nitrogens with one attached hydrogen (secondary N) is 1. The number of anilines is 1. The fourth-order valence-corrected chi connectivity index (χ4v) is 5.82. The van der Waals surface area contributed by atoms with Gasteiger partial charge in [0.1, 0.15) is 12.6 Å². The molecule has 0 spiro atoms. The van der Waals surface area contributed by atoms with E-state index in [-0.39, 0.29) is 39.1 Å². The third-order valence-corrected chi connectivity index (χ3v) is 8.66. The molecule has 0 heterocycles. The lowest BCUT2D eigenvalue weighted by Gasteiger charge is -2.33. The van der Waals surface area contributed by atoms with Gasteiger partial charge in [0.25, 0.3) is 10.0 Å². The summed E-state index contributed by atoms with van der Waals surface area (Å²) in [4.78, 5) is 28.5. The topological polar surface area (TPSA) is 86.8 Å². The van der Waals surface area contributed by atoms with Gasteiger partial charge in [-0.2, -0.15) is 0 Å². The molecule has 1 unspecified atom stereocenters. The van der Waals surface area contributed by atoms with Gasteiger partial charge >= 0.3 is 0 Å². The Balaban J connectivity index is 2.07. The van der Waals surface area contributed by atoms with Gasteiger partial charge in [-0.15, -0.1) is 0 Å². The molecule has 0 saturated heterocycles. The van der Waals surface area contributed by atoms with E-state index in [0.717, 1.165) is 9.87 Å². The van der Waals surface area contributed by atoms with E-state index in [2.05, 4.69) is 5.32 Å². The van der Waals surface area contributed by atoms with Gasteiger partial charge < -0.3 is 10.2 Å². The average molecular weight is 611 g/mol. The van der Waals surface area contributed by atoms with E-state index in [1.807, 2.05) is 13.8 Å². The summed E-state index contributed by atoms with van der Waals surface area (Å²) in [6, 6.07) is 18.0. The number of carbonyl (C=O) groups is 2. The summed E-state index contributed by atoms with van der Waals surface area (Å²) in [5.74, 6) is -0.900. The highest BCUT2D eigenvalue weighted by molar-refractivity contribution is 7.92. The van der Waals surface area contributed by atoms with Crippen LogP contribution in [0.5, 0.6) is 0 Å². The third-order valence-electron chi connectivity index (χ3n) is 5.88. The van der Waals surface area contributed by atoms with Crippen molar-refractivity contribution < 1.29 is 18.0 Å². The second-order valence-electron chi connectivity index (χ2n) is 9.16. The van der Waals surface area contributed by atoms with E-state index in [1.165, 1.54) is 35.2 Å². The lowest BCUT2D eigenvalue weighted by atomic mass is 10.1. The van der Waals surface area contributed by atoms with Gasteiger partial charge in [0.15, 0.2) is 0 Å². The summed E-state index contributed by atoms with van der Waals surface area (Å²) < 4.78 is 28.6. The van der Waals surface area contributed by atoms with Crippen molar-refractivity contribution in [3.8, 4) is 0 Å². The quantitative estimate of drug-likeness (QED) is 0.281. The van der Waals surface area contributed by atoms with Crippen LogP contribution in [0.1, 0.15) is 32.8 Å². The summed E-state index contributed by atoms with van der Waals surface area (Å²) in [6.07, 6.45) is 0.316. The minimum absolute atomic E-state index is 0.00211. The van der Waals surface area contributed by atoms with Crippen molar-refractivity contribution in [2.45, 2.75) is 50.7 Å². The summed E-state index contributed by atoms with van der Waals surface area (Å²) in [7, 11) is -4.20. The maximum atomic E-state index is 14.0. The van der Waals surface area contributed by atoms with Gasteiger partial charge in [-0.05, 0) is 68.3 Å². The molecule has 39 heavy (non-hydrogen) atoms. The largest absolute Gasteiger partial charge is 0.352 e. The molecule has 0 bridgehead atoms. The number of nitrogens with zero attached hydrogens (tertiary/aromatic N) is 2. The standard InChI is InChI=1S/C28H30Cl3N3O4S/c1-4-26(28(36)32-19(2)3)33(17-20-10-12-21(29)13-11-20)27(35)18-34(22-14-15-24(30)25(31)16-22)39(37,38)23-8-6-5-7-9-23/h5-16,19,26H,4,17-18H2,1-3H3,(H,32,36). The number of amides is 2. The maximum Gasteiger partial charge on any atom is 0.264 e. The van der Waals surface area contributed by atoms with Gasteiger partial charge in [0, 0.05) is 17.6 Å². The van der Waals surface area contributed by atoms with Crippen molar-refractivity contribution in [3.63, 3.8) is 0 Å². The van der Waals surface area contributed by atoms with E-state index in [4.69, 9.17) is 34.8 Å². The van der Waals surface area contributed by atoms with Crippen molar-refractivity contribution in [3.05, 3.63) is 93.4 Å². The van der Waals surface area contributed by atoms with Crippen LogP contribution in [-0.2, 0) is 26.2 Å². The molecule has 3 rings (SSSR count). The lowest BCUT2D eigenvalue weighted by Crippen LogP contribution is -2.53. The van der Waals surface area contributed by atoms with Crippen LogP contribution in [0.25, 0.3) is 0 Å². The molecule has 0 fully saturated rings. The monoisotopic (exact) mass is 609 g/mol. The molecule has 0 aliphatic rings. The summed E-state index contributed by atoms with van der Waals surface area (Å²) in [5, 5.41) is 3.76. The Bertz CT molecular complexity index is 1400. The number of benzene rings is 3. The zero-order valence-electron chi connectivity index (χ0n) is 21.8. The van der Waals surface area contributed by atoms with E-state index in [1.54, 1.807) is 49.4 Å². The van der Waals surface area contributed by atoms with Crippen LogP contribution in [0.4, 0.5) is 5.69 Å². The fraction of sp³-hybridized carbons (Fsp3) is 0.286. The van der Waals surface area contributed by atoms with Gasteiger partial charge in [-0.3, -0.25) is 13.9 Å². The second-order valence-corrected chi connectivity index (χ2v) is 12.3. The molecule has 3 aromatic carbocycles. The molecule has 2 amide bonds. The van der Waals surface area contributed by atoms with E-state index in [0.29, 0.717) is 11.4 Å². The zero-order valence-corrected chi connectivity index (χ0v) is 24.9. The molecular weight excluding hydrogens is 581 g/mol. The van der Waals surface area contributed by atoms with E-state index < -0.39 is 28.5 Å². The molecule has 0 saturated carbocycles. The molecule has 11 heteroatoms. The maximum absolute atomic E-state index is 14.0. The van der Waals surface area contributed by atoms with Crippen LogP contribution < -0.4 is 9.62 Å². The summed E-state index contributed by atoms with van der Waals surface area (Å²) in [5.41, 5.74) is 0.892. The van der Waals surface area contributed by atoms with Crippen LogP contribution >= 0.6 is 34.8 Å². The van der Waals surface area contributed by atoms with Crippen LogP contribution in [0, 0.1) is 0 Å².